The van der Waals surface area contributed by atoms with E-state index in [9.17, 15) is 4.79 Å². The molecule has 7 heteroatoms. The third-order valence-electron chi connectivity index (χ3n) is 4.18. The van der Waals surface area contributed by atoms with Crippen molar-refractivity contribution in [2.75, 3.05) is 38.2 Å². The lowest BCUT2D eigenvalue weighted by molar-refractivity contribution is 0.123. The lowest BCUT2D eigenvalue weighted by Gasteiger charge is -2.15. The van der Waals surface area contributed by atoms with Gasteiger partial charge in [0, 0.05) is 31.6 Å². The Balaban J connectivity index is 1.64. The highest BCUT2D eigenvalue weighted by molar-refractivity contribution is 5.88. The van der Waals surface area contributed by atoms with E-state index in [-0.39, 0.29) is 11.9 Å². The number of ether oxygens (including phenoxy) is 1. The maximum absolute atomic E-state index is 12.3. The van der Waals surface area contributed by atoms with Crippen LogP contribution in [0.25, 0.3) is 5.69 Å². The first-order chi connectivity index (χ1) is 12.1. The number of hydrogen-bond acceptors (Lipinski definition) is 4. The summed E-state index contributed by atoms with van der Waals surface area (Å²) in [4.78, 5) is 12.3. The number of aromatic nitrogens is 2. The Bertz CT molecular complexity index is 720. The van der Waals surface area contributed by atoms with Crippen LogP contribution in [0.3, 0.4) is 0 Å². The third-order valence-corrected chi connectivity index (χ3v) is 4.18. The summed E-state index contributed by atoms with van der Waals surface area (Å²) in [5, 5.41) is 13.6. The second-order valence-electron chi connectivity index (χ2n) is 6.35. The fourth-order valence-electron chi connectivity index (χ4n) is 2.86. The van der Waals surface area contributed by atoms with Gasteiger partial charge in [0.05, 0.1) is 24.6 Å². The third kappa shape index (κ3) is 4.58. The van der Waals surface area contributed by atoms with E-state index in [0.29, 0.717) is 19.0 Å². The number of anilines is 1. The Morgan fingerprint density at radius 1 is 1.40 bits per heavy atom. The standard InChI is InChI=1S/C18H25N5O2/c1-13-5-3-4-6-16(13)23-17(9-14(2)22-23)21-18(24)20-11-15-10-19-7-8-25-12-15/h3-6,9,15,19H,7-8,10-12H2,1-2H3,(H2,20,21,24). The number of para-hydroxylation sites is 1. The minimum Gasteiger partial charge on any atom is -0.380 e. The molecular formula is C18H25N5O2. The highest BCUT2D eigenvalue weighted by Crippen LogP contribution is 2.19. The summed E-state index contributed by atoms with van der Waals surface area (Å²) in [5.41, 5.74) is 2.89. The molecule has 0 radical (unpaired) electrons. The van der Waals surface area contributed by atoms with Crippen LogP contribution in [-0.2, 0) is 4.74 Å². The van der Waals surface area contributed by atoms with Gasteiger partial charge in [-0.25, -0.2) is 9.48 Å². The molecule has 0 aliphatic carbocycles. The van der Waals surface area contributed by atoms with E-state index < -0.39 is 0 Å². The minimum atomic E-state index is -0.237. The van der Waals surface area contributed by atoms with Crippen LogP contribution >= 0.6 is 0 Å². The zero-order valence-corrected chi connectivity index (χ0v) is 14.7. The zero-order chi connectivity index (χ0) is 17.6. The number of nitrogens with one attached hydrogen (secondary N) is 3. The van der Waals surface area contributed by atoms with Crippen molar-refractivity contribution in [3.63, 3.8) is 0 Å². The average molecular weight is 343 g/mol. The van der Waals surface area contributed by atoms with Crippen molar-refractivity contribution in [1.82, 2.24) is 20.4 Å². The second-order valence-corrected chi connectivity index (χ2v) is 6.35. The van der Waals surface area contributed by atoms with E-state index in [0.717, 1.165) is 36.6 Å². The lowest BCUT2D eigenvalue weighted by atomic mass is 10.1. The van der Waals surface area contributed by atoms with Crippen LogP contribution in [0.4, 0.5) is 10.6 Å². The smallest absolute Gasteiger partial charge is 0.320 e. The topological polar surface area (TPSA) is 80.2 Å². The first kappa shape index (κ1) is 17.4. The Morgan fingerprint density at radius 3 is 3.08 bits per heavy atom. The highest BCUT2D eigenvalue weighted by atomic mass is 16.5. The molecule has 1 fully saturated rings. The molecule has 1 aliphatic heterocycles. The van der Waals surface area contributed by atoms with E-state index in [4.69, 9.17) is 4.74 Å². The molecule has 1 aromatic carbocycles. The Morgan fingerprint density at radius 2 is 2.24 bits per heavy atom. The summed E-state index contributed by atoms with van der Waals surface area (Å²) in [6, 6.07) is 9.58. The monoisotopic (exact) mass is 343 g/mol. The van der Waals surface area contributed by atoms with Crippen molar-refractivity contribution < 1.29 is 9.53 Å². The lowest BCUT2D eigenvalue weighted by Crippen LogP contribution is -2.37. The van der Waals surface area contributed by atoms with Gasteiger partial charge in [-0.05, 0) is 25.5 Å². The Hall–Kier alpha value is -2.38. The van der Waals surface area contributed by atoms with Crippen molar-refractivity contribution >= 4 is 11.8 Å². The molecule has 0 bridgehead atoms. The van der Waals surface area contributed by atoms with Crippen LogP contribution in [0.1, 0.15) is 11.3 Å². The van der Waals surface area contributed by atoms with Crippen molar-refractivity contribution in [2.45, 2.75) is 13.8 Å². The number of amides is 2. The molecule has 0 saturated carbocycles. The summed E-state index contributed by atoms with van der Waals surface area (Å²) < 4.78 is 7.27. The van der Waals surface area contributed by atoms with Gasteiger partial charge in [0.2, 0.25) is 0 Å². The van der Waals surface area contributed by atoms with Gasteiger partial charge in [0.25, 0.3) is 0 Å². The summed E-state index contributed by atoms with van der Waals surface area (Å²) >= 11 is 0. The molecule has 3 N–H and O–H groups in total. The van der Waals surface area contributed by atoms with E-state index >= 15 is 0 Å². The second kappa shape index (κ2) is 8.13. The van der Waals surface area contributed by atoms with Gasteiger partial charge < -0.3 is 15.4 Å². The normalized spacial score (nSPS) is 17.8. The molecule has 134 valence electrons. The van der Waals surface area contributed by atoms with E-state index in [1.807, 2.05) is 44.2 Å². The van der Waals surface area contributed by atoms with Crippen molar-refractivity contribution in [1.29, 1.82) is 0 Å². The predicted molar refractivity (Wildman–Crippen MR) is 97.2 cm³/mol. The van der Waals surface area contributed by atoms with Gasteiger partial charge in [-0.1, -0.05) is 18.2 Å². The summed E-state index contributed by atoms with van der Waals surface area (Å²) in [6.07, 6.45) is 0. The maximum atomic E-state index is 12.3. The molecule has 2 amide bonds. The van der Waals surface area contributed by atoms with Crippen molar-refractivity contribution in [3.8, 4) is 5.69 Å². The van der Waals surface area contributed by atoms with Crippen LogP contribution in [-0.4, -0.2) is 48.7 Å². The van der Waals surface area contributed by atoms with Crippen LogP contribution in [0.15, 0.2) is 30.3 Å². The molecule has 25 heavy (non-hydrogen) atoms. The summed E-state index contributed by atoms with van der Waals surface area (Å²) in [5.74, 6) is 0.927. The van der Waals surface area contributed by atoms with Crippen LogP contribution in [0.5, 0.6) is 0 Å². The van der Waals surface area contributed by atoms with Gasteiger partial charge in [-0.3, -0.25) is 5.32 Å². The molecule has 7 nitrogen and oxygen atoms in total. The predicted octanol–water partition coefficient (Wildman–Crippen LogP) is 1.85. The number of aryl methyl sites for hydroxylation is 2. The zero-order valence-electron chi connectivity index (χ0n) is 14.7. The summed E-state index contributed by atoms with van der Waals surface area (Å²) in [6.45, 7) is 7.58. The number of hydrogen-bond donors (Lipinski definition) is 3. The first-order valence-corrected chi connectivity index (χ1v) is 8.59. The van der Waals surface area contributed by atoms with Gasteiger partial charge in [-0.15, -0.1) is 0 Å². The van der Waals surface area contributed by atoms with Gasteiger partial charge in [0.15, 0.2) is 0 Å². The van der Waals surface area contributed by atoms with E-state index in [1.54, 1.807) is 4.68 Å². The van der Waals surface area contributed by atoms with Gasteiger partial charge in [0.1, 0.15) is 5.82 Å². The quantitative estimate of drug-likeness (QED) is 0.791. The Kier molecular flexibility index (Phi) is 5.67. The highest BCUT2D eigenvalue weighted by Gasteiger charge is 2.15. The molecule has 3 rings (SSSR count). The maximum Gasteiger partial charge on any atom is 0.320 e. The van der Waals surface area contributed by atoms with Crippen LogP contribution < -0.4 is 16.0 Å². The number of benzene rings is 1. The largest absolute Gasteiger partial charge is 0.380 e. The molecule has 2 aromatic rings. The Labute approximate surface area is 147 Å². The van der Waals surface area contributed by atoms with Gasteiger partial charge >= 0.3 is 6.03 Å². The molecule has 1 aliphatic rings. The minimum absolute atomic E-state index is 0.237. The molecule has 1 unspecified atom stereocenters. The molecule has 1 saturated heterocycles. The fraction of sp³-hybridized carbons (Fsp3) is 0.444. The van der Waals surface area contributed by atoms with Crippen LogP contribution in [0.2, 0.25) is 0 Å². The molecule has 1 atom stereocenters. The van der Waals surface area contributed by atoms with Crippen LogP contribution in [0, 0.1) is 19.8 Å². The van der Waals surface area contributed by atoms with Crippen molar-refractivity contribution in [3.05, 3.63) is 41.6 Å². The fourth-order valence-corrected chi connectivity index (χ4v) is 2.86. The number of carbonyl (C=O) groups excluding carboxylic acids is 1. The molecule has 0 spiro atoms. The number of nitrogens with zero attached hydrogens (tertiary/aromatic N) is 2. The number of carbonyl (C=O) groups is 1. The number of rotatable bonds is 4. The first-order valence-electron chi connectivity index (χ1n) is 8.59. The molecule has 2 heterocycles. The van der Waals surface area contributed by atoms with Gasteiger partial charge in [-0.2, -0.15) is 5.10 Å². The SMILES string of the molecule is Cc1cc(NC(=O)NCC2CNCCOC2)n(-c2ccccc2C)n1. The average Bonchev–Trinajstić information content (AvgIpc) is 2.80. The van der Waals surface area contributed by atoms with E-state index in [2.05, 4.69) is 21.0 Å². The number of urea groups is 1. The molecular weight excluding hydrogens is 318 g/mol. The molecule has 1 aromatic heterocycles. The van der Waals surface area contributed by atoms with Crippen molar-refractivity contribution in [2.24, 2.45) is 5.92 Å². The summed E-state index contributed by atoms with van der Waals surface area (Å²) in [7, 11) is 0. The van der Waals surface area contributed by atoms with E-state index in [1.165, 1.54) is 0 Å².